The highest BCUT2D eigenvalue weighted by Crippen LogP contribution is 2.39. The second-order valence-corrected chi connectivity index (χ2v) is 12.0. The molecule has 10 heteroatoms. The van der Waals surface area contributed by atoms with Gasteiger partial charge in [-0.1, -0.05) is 17.7 Å². The zero-order valence-electron chi connectivity index (χ0n) is 23.0. The minimum Gasteiger partial charge on any atom is -0.495 e. The number of methoxy groups -OCH3 is 1. The van der Waals surface area contributed by atoms with Crippen molar-refractivity contribution in [3.63, 3.8) is 0 Å². The second kappa shape index (κ2) is 12.0. The summed E-state index contributed by atoms with van der Waals surface area (Å²) in [6.45, 7) is 3.99. The van der Waals surface area contributed by atoms with Crippen molar-refractivity contribution in [1.82, 2.24) is 19.8 Å². The van der Waals surface area contributed by atoms with E-state index in [1.807, 2.05) is 23.1 Å². The largest absolute Gasteiger partial charge is 0.495 e. The Kier molecular flexibility index (Phi) is 8.06. The molecule has 6 rings (SSSR count). The summed E-state index contributed by atoms with van der Waals surface area (Å²) < 4.78 is 5.30. The van der Waals surface area contributed by atoms with Gasteiger partial charge in [0.15, 0.2) is 0 Å². The van der Waals surface area contributed by atoms with Crippen LogP contribution in [0.3, 0.4) is 0 Å². The summed E-state index contributed by atoms with van der Waals surface area (Å²) in [5.41, 5.74) is 3.61. The zero-order valence-corrected chi connectivity index (χ0v) is 24.5. The number of carbonyl (C=O) groups excluding carboxylic acids is 1. The lowest BCUT2D eigenvalue weighted by Gasteiger charge is -2.34. The van der Waals surface area contributed by atoms with Crippen LogP contribution in [-0.2, 0) is 25.9 Å². The van der Waals surface area contributed by atoms with Gasteiger partial charge in [0.05, 0.1) is 35.7 Å². The summed E-state index contributed by atoms with van der Waals surface area (Å²) in [4.78, 5) is 29.7. The smallest absolute Gasteiger partial charge is 0.253 e. The van der Waals surface area contributed by atoms with E-state index in [2.05, 4.69) is 16.3 Å². The molecule has 1 aliphatic heterocycles. The van der Waals surface area contributed by atoms with E-state index in [-0.39, 0.29) is 5.91 Å². The van der Waals surface area contributed by atoms with Gasteiger partial charge in [0.2, 0.25) is 0 Å². The van der Waals surface area contributed by atoms with Crippen LogP contribution in [0.15, 0.2) is 42.5 Å². The standard InChI is InChI=1S/C31H31ClN6O2S/c1-40-25-11-8-21(16-24(25)32)18-34-29-28-23-4-2-3-5-26(23)41-30(28)36-27(35-29)19-37-12-14-38(15-13-37)31(39)22-9-6-20(17-33)7-10-22/h6-11,16H,2-5,12-15,18-19H2,1H3,(H,34,35,36). The first kappa shape index (κ1) is 27.5. The van der Waals surface area contributed by atoms with Gasteiger partial charge in [-0.15, -0.1) is 11.3 Å². The van der Waals surface area contributed by atoms with Crippen LogP contribution >= 0.6 is 22.9 Å². The first-order chi connectivity index (χ1) is 20.0. The molecular formula is C31H31ClN6O2S. The van der Waals surface area contributed by atoms with E-state index in [0.29, 0.717) is 48.1 Å². The molecule has 1 saturated heterocycles. The maximum atomic E-state index is 13.0. The van der Waals surface area contributed by atoms with Crippen molar-refractivity contribution >= 4 is 44.9 Å². The normalized spacial score (nSPS) is 15.4. The molecule has 0 unspecified atom stereocenters. The fraction of sp³-hybridized carbons (Fsp3) is 0.355. The third kappa shape index (κ3) is 5.87. The summed E-state index contributed by atoms with van der Waals surface area (Å²) >= 11 is 8.18. The highest BCUT2D eigenvalue weighted by atomic mass is 35.5. The Morgan fingerprint density at radius 1 is 1.10 bits per heavy atom. The fourth-order valence-electron chi connectivity index (χ4n) is 5.58. The molecule has 41 heavy (non-hydrogen) atoms. The van der Waals surface area contributed by atoms with E-state index in [0.717, 1.165) is 53.4 Å². The minimum atomic E-state index is 0.00102. The Hall–Kier alpha value is -3.71. The molecule has 3 heterocycles. The van der Waals surface area contributed by atoms with E-state index in [1.165, 1.54) is 23.3 Å². The number of nitrogens with one attached hydrogen (secondary N) is 1. The highest BCUT2D eigenvalue weighted by Gasteiger charge is 2.25. The molecule has 1 N–H and O–H groups in total. The molecule has 0 bridgehead atoms. The number of fused-ring (bicyclic) bond motifs is 3. The fourth-order valence-corrected chi connectivity index (χ4v) is 7.15. The number of amides is 1. The van der Waals surface area contributed by atoms with Crippen LogP contribution in [0, 0.1) is 11.3 Å². The van der Waals surface area contributed by atoms with Crippen LogP contribution in [0.5, 0.6) is 5.75 Å². The number of hydrogen-bond donors (Lipinski definition) is 1. The lowest BCUT2D eigenvalue weighted by molar-refractivity contribution is 0.0625. The van der Waals surface area contributed by atoms with Crippen molar-refractivity contribution in [2.24, 2.45) is 0 Å². The lowest BCUT2D eigenvalue weighted by atomic mass is 9.97. The van der Waals surface area contributed by atoms with Crippen LogP contribution in [0.1, 0.15) is 50.6 Å². The second-order valence-electron chi connectivity index (χ2n) is 10.5. The summed E-state index contributed by atoms with van der Waals surface area (Å²) in [6, 6.07) is 14.8. The molecule has 210 valence electrons. The Labute approximate surface area is 248 Å². The predicted molar refractivity (Wildman–Crippen MR) is 162 cm³/mol. The number of aromatic nitrogens is 2. The number of ether oxygens (including phenoxy) is 1. The Balaban J connectivity index is 1.18. The molecule has 2 aromatic heterocycles. The average molecular weight is 587 g/mol. The van der Waals surface area contributed by atoms with Gasteiger partial charge in [0, 0.05) is 43.2 Å². The van der Waals surface area contributed by atoms with Gasteiger partial charge >= 0.3 is 0 Å². The van der Waals surface area contributed by atoms with Crippen molar-refractivity contribution < 1.29 is 9.53 Å². The van der Waals surface area contributed by atoms with Crippen LogP contribution in [-0.4, -0.2) is 59.0 Å². The van der Waals surface area contributed by atoms with Crippen LogP contribution in [0.25, 0.3) is 10.2 Å². The minimum absolute atomic E-state index is 0.00102. The zero-order chi connectivity index (χ0) is 28.3. The number of nitrogens with zero attached hydrogens (tertiary/aromatic N) is 5. The van der Waals surface area contributed by atoms with Crippen molar-refractivity contribution in [3.05, 3.63) is 80.4 Å². The number of rotatable bonds is 7. The van der Waals surface area contributed by atoms with Gasteiger partial charge in [-0.05, 0) is 73.2 Å². The SMILES string of the molecule is COc1ccc(CNc2nc(CN3CCN(C(=O)c4ccc(C#N)cc4)CC3)nc3sc4c(c23)CCCC4)cc1Cl. The third-order valence-corrected chi connectivity index (χ3v) is 9.30. The van der Waals surface area contributed by atoms with E-state index in [4.69, 9.17) is 31.6 Å². The molecule has 8 nitrogen and oxygen atoms in total. The van der Waals surface area contributed by atoms with E-state index >= 15 is 0 Å². The third-order valence-electron chi connectivity index (χ3n) is 7.82. The van der Waals surface area contributed by atoms with Crippen LogP contribution < -0.4 is 10.1 Å². The number of hydrogen-bond acceptors (Lipinski definition) is 8. The van der Waals surface area contributed by atoms with Gasteiger partial charge in [0.25, 0.3) is 5.91 Å². The molecular weight excluding hydrogens is 556 g/mol. The van der Waals surface area contributed by atoms with Crippen molar-refractivity contribution in [1.29, 1.82) is 5.26 Å². The van der Waals surface area contributed by atoms with Gasteiger partial charge in [-0.25, -0.2) is 9.97 Å². The monoisotopic (exact) mass is 586 g/mol. The maximum absolute atomic E-state index is 13.0. The first-order valence-corrected chi connectivity index (χ1v) is 15.1. The van der Waals surface area contributed by atoms with Crippen molar-refractivity contribution in [3.8, 4) is 11.8 Å². The van der Waals surface area contributed by atoms with Crippen LogP contribution in [0.2, 0.25) is 5.02 Å². The number of aryl methyl sites for hydroxylation is 2. The summed E-state index contributed by atoms with van der Waals surface area (Å²) in [5, 5.41) is 14.4. The first-order valence-electron chi connectivity index (χ1n) is 13.9. The molecule has 0 spiro atoms. The Bertz CT molecular complexity index is 1620. The number of anilines is 1. The van der Waals surface area contributed by atoms with Gasteiger partial charge in [-0.3, -0.25) is 9.69 Å². The Morgan fingerprint density at radius 2 is 1.88 bits per heavy atom. The summed E-state index contributed by atoms with van der Waals surface area (Å²) in [6.07, 6.45) is 4.59. The topological polar surface area (TPSA) is 94.4 Å². The molecule has 0 atom stereocenters. The van der Waals surface area contributed by atoms with Crippen LogP contribution in [0.4, 0.5) is 5.82 Å². The number of benzene rings is 2. The quantitative estimate of drug-likeness (QED) is 0.298. The number of piperazine rings is 1. The van der Waals surface area contributed by atoms with Crippen molar-refractivity contribution in [2.45, 2.75) is 38.8 Å². The molecule has 4 aromatic rings. The molecule has 2 aliphatic rings. The predicted octanol–water partition coefficient (Wildman–Crippen LogP) is 5.67. The average Bonchev–Trinajstić information content (AvgIpc) is 3.38. The molecule has 1 aliphatic carbocycles. The molecule has 2 aromatic carbocycles. The molecule has 0 saturated carbocycles. The maximum Gasteiger partial charge on any atom is 0.253 e. The summed E-state index contributed by atoms with van der Waals surface area (Å²) in [7, 11) is 1.62. The highest BCUT2D eigenvalue weighted by molar-refractivity contribution is 7.19. The molecule has 1 amide bonds. The lowest BCUT2D eigenvalue weighted by Crippen LogP contribution is -2.48. The van der Waals surface area contributed by atoms with Gasteiger partial charge in [0.1, 0.15) is 22.2 Å². The molecule has 0 radical (unpaired) electrons. The number of carbonyl (C=O) groups is 1. The van der Waals surface area contributed by atoms with Crippen molar-refractivity contribution in [2.75, 3.05) is 38.6 Å². The number of thiophene rings is 1. The van der Waals surface area contributed by atoms with E-state index in [1.54, 1.807) is 42.7 Å². The van der Waals surface area contributed by atoms with E-state index in [9.17, 15) is 4.79 Å². The number of halogens is 1. The van der Waals surface area contributed by atoms with Gasteiger partial charge < -0.3 is 15.0 Å². The summed E-state index contributed by atoms with van der Waals surface area (Å²) in [5.74, 6) is 2.33. The Morgan fingerprint density at radius 3 is 2.61 bits per heavy atom. The van der Waals surface area contributed by atoms with Gasteiger partial charge in [-0.2, -0.15) is 5.26 Å². The molecule has 1 fully saturated rings. The van der Waals surface area contributed by atoms with E-state index < -0.39 is 0 Å². The number of nitriles is 1.